The maximum Gasteiger partial charge on any atom is 0.101 e. The van der Waals surface area contributed by atoms with Gasteiger partial charge in [-0.25, -0.2) is 0 Å². The van der Waals surface area contributed by atoms with Gasteiger partial charge >= 0.3 is 0 Å². The van der Waals surface area contributed by atoms with Crippen LogP contribution in [0.15, 0.2) is 30.3 Å². The molecule has 0 aliphatic heterocycles. The zero-order chi connectivity index (χ0) is 14.9. The van der Waals surface area contributed by atoms with Crippen molar-refractivity contribution in [1.82, 2.24) is 0 Å². The van der Waals surface area contributed by atoms with Crippen LogP contribution >= 0.6 is 0 Å². The van der Waals surface area contributed by atoms with Crippen LogP contribution in [0, 0.1) is 5.92 Å². The fourth-order valence-electron chi connectivity index (χ4n) is 2.83. The van der Waals surface area contributed by atoms with Crippen molar-refractivity contribution < 1.29 is 14.6 Å². The largest absolute Gasteiger partial charge is 0.388 e. The highest BCUT2D eigenvalue weighted by Crippen LogP contribution is 2.26. The summed E-state index contributed by atoms with van der Waals surface area (Å²) in [4.78, 5) is 0. The van der Waals surface area contributed by atoms with Crippen molar-refractivity contribution in [1.29, 1.82) is 0 Å². The second-order valence-electron chi connectivity index (χ2n) is 5.81. The molecular weight excluding hydrogens is 266 g/mol. The van der Waals surface area contributed by atoms with E-state index in [0.717, 1.165) is 18.4 Å². The number of aliphatic hydroxyl groups is 1. The maximum atomic E-state index is 9.94. The van der Waals surface area contributed by atoms with Gasteiger partial charge in [0.05, 0.1) is 25.9 Å². The Morgan fingerprint density at radius 1 is 1.14 bits per heavy atom. The minimum absolute atomic E-state index is 0.201. The third kappa shape index (κ3) is 5.75. The van der Waals surface area contributed by atoms with Crippen LogP contribution in [-0.4, -0.2) is 37.1 Å². The standard InChI is InChI=1S/C17H27NO3/c18-10-15-8-4-5-9-17(15)21-13-16(19)12-20-11-14-6-2-1-3-7-14/h1-3,6-7,15-17,19H,4-5,8-13,18H2. The summed E-state index contributed by atoms with van der Waals surface area (Å²) in [5.41, 5.74) is 6.89. The summed E-state index contributed by atoms with van der Waals surface area (Å²) in [7, 11) is 0. The number of benzene rings is 1. The van der Waals surface area contributed by atoms with Gasteiger partial charge in [0, 0.05) is 0 Å². The summed E-state index contributed by atoms with van der Waals surface area (Å²) < 4.78 is 11.4. The van der Waals surface area contributed by atoms with Crippen LogP contribution < -0.4 is 5.73 Å². The van der Waals surface area contributed by atoms with Crippen molar-refractivity contribution in [3.63, 3.8) is 0 Å². The van der Waals surface area contributed by atoms with Crippen LogP contribution in [0.3, 0.4) is 0 Å². The van der Waals surface area contributed by atoms with Gasteiger partial charge < -0.3 is 20.3 Å². The molecular formula is C17H27NO3. The number of nitrogens with two attached hydrogens (primary N) is 1. The molecule has 1 aliphatic carbocycles. The molecule has 3 atom stereocenters. The van der Waals surface area contributed by atoms with Gasteiger partial charge in [-0.3, -0.25) is 0 Å². The lowest BCUT2D eigenvalue weighted by Gasteiger charge is -2.31. The van der Waals surface area contributed by atoms with Crippen molar-refractivity contribution in [2.45, 2.75) is 44.5 Å². The number of rotatable bonds is 8. The van der Waals surface area contributed by atoms with Gasteiger partial charge in [0.25, 0.3) is 0 Å². The van der Waals surface area contributed by atoms with Crippen molar-refractivity contribution in [3.05, 3.63) is 35.9 Å². The van der Waals surface area contributed by atoms with E-state index in [-0.39, 0.29) is 6.10 Å². The Labute approximate surface area is 127 Å². The van der Waals surface area contributed by atoms with Crippen LogP contribution in [0.5, 0.6) is 0 Å². The van der Waals surface area contributed by atoms with Gasteiger partial charge in [0.15, 0.2) is 0 Å². The summed E-state index contributed by atoms with van der Waals surface area (Å²) in [6, 6.07) is 9.96. The summed E-state index contributed by atoms with van der Waals surface area (Å²) in [6.45, 7) is 1.82. The molecule has 0 bridgehead atoms. The zero-order valence-electron chi connectivity index (χ0n) is 12.6. The zero-order valence-corrected chi connectivity index (χ0v) is 12.6. The van der Waals surface area contributed by atoms with Crippen LogP contribution in [0.1, 0.15) is 31.2 Å². The Balaban J connectivity index is 1.61. The molecule has 0 spiro atoms. The lowest BCUT2D eigenvalue weighted by molar-refractivity contribution is -0.0711. The molecule has 1 fully saturated rings. The number of ether oxygens (including phenoxy) is 2. The van der Waals surface area contributed by atoms with E-state index in [1.807, 2.05) is 30.3 Å². The molecule has 4 nitrogen and oxygen atoms in total. The molecule has 118 valence electrons. The summed E-state index contributed by atoms with van der Waals surface area (Å²) in [6.07, 6.45) is 4.26. The second kappa shape index (κ2) is 9.15. The maximum absolute atomic E-state index is 9.94. The van der Waals surface area contributed by atoms with Crippen molar-refractivity contribution in [2.75, 3.05) is 19.8 Å². The Bertz CT molecular complexity index is 385. The number of aliphatic hydroxyl groups excluding tert-OH is 1. The van der Waals surface area contributed by atoms with Gasteiger partial charge in [-0.05, 0) is 30.9 Å². The molecule has 2 rings (SSSR count). The first-order valence-corrected chi connectivity index (χ1v) is 7.91. The van der Waals surface area contributed by atoms with E-state index in [0.29, 0.717) is 32.3 Å². The van der Waals surface area contributed by atoms with E-state index in [1.165, 1.54) is 12.8 Å². The fraction of sp³-hybridized carbons (Fsp3) is 0.647. The monoisotopic (exact) mass is 293 g/mol. The first kappa shape index (κ1) is 16.4. The highest BCUT2D eigenvalue weighted by atomic mass is 16.5. The second-order valence-corrected chi connectivity index (χ2v) is 5.81. The molecule has 0 radical (unpaired) electrons. The number of hydrogen-bond acceptors (Lipinski definition) is 4. The fourth-order valence-corrected chi connectivity index (χ4v) is 2.83. The van der Waals surface area contributed by atoms with Crippen LogP contribution in [0.2, 0.25) is 0 Å². The molecule has 3 unspecified atom stereocenters. The predicted molar refractivity (Wildman–Crippen MR) is 82.9 cm³/mol. The SMILES string of the molecule is NCC1CCCCC1OCC(O)COCc1ccccc1. The molecule has 3 N–H and O–H groups in total. The Morgan fingerprint density at radius 2 is 1.90 bits per heavy atom. The van der Waals surface area contributed by atoms with Gasteiger partial charge in [-0.1, -0.05) is 43.2 Å². The summed E-state index contributed by atoms with van der Waals surface area (Å²) in [5, 5.41) is 9.94. The van der Waals surface area contributed by atoms with E-state index < -0.39 is 6.10 Å². The van der Waals surface area contributed by atoms with E-state index in [9.17, 15) is 5.11 Å². The van der Waals surface area contributed by atoms with E-state index >= 15 is 0 Å². The minimum atomic E-state index is -0.575. The quantitative estimate of drug-likeness (QED) is 0.770. The van der Waals surface area contributed by atoms with Gasteiger partial charge in [0.1, 0.15) is 6.10 Å². The molecule has 0 amide bonds. The van der Waals surface area contributed by atoms with Crippen LogP contribution in [0.4, 0.5) is 0 Å². The Morgan fingerprint density at radius 3 is 2.67 bits per heavy atom. The van der Waals surface area contributed by atoms with Gasteiger partial charge in [0.2, 0.25) is 0 Å². The molecule has 0 heterocycles. The molecule has 0 saturated heterocycles. The topological polar surface area (TPSA) is 64.7 Å². The van der Waals surface area contributed by atoms with Crippen molar-refractivity contribution in [2.24, 2.45) is 11.7 Å². The molecule has 0 aromatic heterocycles. The first-order valence-electron chi connectivity index (χ1n) is 7.91. The van der Waals surface area contributed by atoms with E-state index in [1.54, 1.807) is 0 Å². The van der Waals surface area contributed by atoms with Crippen LogP contribution in [0.25, 0.3) is 0 Å². The molecule has 1 aromatic rings. The predicted octanol–water partition coefficient (Wildman–Crippen LogP) is 2.10. The normalized spacial score (nSPS) is 23.9. The molecule has 21 heavy (non-hydrogen) atoms. The molecule has 1 aliphatic rings. The summed E-state index contributed by atoms with van der Waals surface area (Å²) in [5.74, 6) is 0.441. The minimum Gasteiger partial charge on any atom is -0.388 e. The van der Waals surface area contributed by atoms with Crippen LogP contribution in [-0.2, 0) is 16.1 Å². The third-order valence-electron chi connectivity index (χ3n) is 4.07. The van der Waals surface area contributed by atoms with Crippen molar-refractivity contribution in [3.8, 4) is 0 Å². The Hall–Kier alpha value is -0.940. The lowest BCUT2D eigenvalue weighted by Crippen LogP contribution is -2.35. The van der Waals surface area contributed by atoms with E-state index in [2.05, 4.69) is 0 Å². The van der Waals surface area contributed by atoms with E-state index in [4.69, 9.17) is 15.2 Å². The lowest BCUT2D eigenvalue weighted by atomic mass is 9.86. The highest BCUT2D eigenvalue weighted by Gasteiger charge is 2.25. The van der Waals surface area contributed by atoms with Crippen molar-refractivity contribution >= 4 is 0 Å². The first-order chi connectivity index (χ1) is 10.3. The summed E-state index contributed by atoms with van der Waals surface area (Å²) >= 11 is 0. The molecule has 1 aromatic carbocycles. The average Bonchev–Trinajstić information content (AvgIpc) is 2.54. The van der Waals surface area contributed by atoms with Gasteiger partial charge in [-0.2, -0.15) is 0 Å². The Kier molecular flexibility index (Phi) is 7.16. The van der Waals surface area contributed by atoms with Gasteiger partial charge in [-0.15, -0.1) is 0 Å². The number of hydrogen-bond donors (Lipinski definition) is 2. The average molecular weight is 293 g/mol. The highest BCUT2D eigenvalue weighted by molar-refractivity contribution is 5.13. The molecule has 1 saturated carbocycles. The third-order valence-corrected chi connectivity index (χ3v) is 4.07. The smallest absolute Gasteiger partial charge is 0.101 e. The molecule has 4 heteroatoms.